The number of anilines is 1. The minimum atomic E-state index is -4.59. The zero-order valence-electron chi connectivity index (χ0n) is 9.98. The van der Waals surface area contributed by atoms with E-state index in [-0.39, 0.29) is 5.69 Å². The molecule has 7 heteroatoms. The Hall–Kier alpha value is -2.02. The molecular weight excluding hydrogens is 291 g/mol. The Balaban J connectivity index is 2.35. The third kappa shape index (κ3) is 3.30. The molecule has 0 atom stereocenters. The van der Waals surface area contributed by atoms with Crippen molar-refractivity contribution < 1.29 is 21.6 Å². The molecule has 1 N–H and O–H groups in total. The summed E-state index contributed by atoms with van der Waals surface area (Å²) in [5.74, 6) is 0. The molecule has 0 aromatic heterocycles. The van der Waals surface area contributed by atoms with Gasteiger partial charge in [0, 0.05) is 5.69 Å². The van der Waals surface area contributed by atoms with Crippen LogP contribution in [0.4, 0.5) is 18.9 Å². The van der Waals surface area contributed by atoms with Crippen LogP contribution >= 0.6 is 0 Å². The summed E-state index contributed by atoms with van der Waals surface area (Å²) in [6.45, 7) is 0. The van der Waals surface area contributed by atoms with Gasteiger partial charge in [0.25, 0.3) is 10.0 Å². The Bertz CT molecular complexity index is 697. The highest BCUT2D eigenvalue weighted by Gasteiger charge is 2.31. The zero-order chi connectivity index (χ0) is 14.8. The number of sulfonamides is 1. The second-order valence-corrected chi connectivity index (χ2v) is 5.60. The molecule has 2 aromatic rings. The van der Waals surface area contributed by atoms with E-state index in [9.17, 15) is 21.6 Å². The molecule has 2 aromatic carbocycles. The number of benzene rings is 2. The zero-order valence-corrected chi connectivity index (χ0v) is 10.8. The maximum absolute atomic E-state index is 12.6. The first-order valence-corrected chi connectivity index (χ1v) is 6.93. The van der Waals surface area contributed by atoms with Crippen LogP contribution in [-0.2, 0) is 16.2 Å². The second-order valence-electron chi connectivity index (χ2n) is 3.92. The van der Waals surface area contributed by atoms with Crippen LogP contribution < -0.4 is 4.72 Å². The molecule has 0 saturated carbocycles. The monoisotopic (exact) mass is 300 g/mol. The Morgan fingerprint density at radius 2 is 1.70 bits per heavy atom. The van der Waals surface area contributed by atoms with E-state index in [1.165, 1.54) is 24.3 Å². The highest BCUT2D eigenvalue weighted by molar-refractivity contribution is 7.92. The summed E-state index contributed by atoms with van der Waals surface area (Å²) in [6, 6.07) is 12.1. The molecule has 0 aliphatic carbocycles. The molecule has 0 unspecified atom stereocenters. The van der Waals surface area contributed by atoms with Gasteiger partial charge in [0.1, 0.15) is 0 Å². The number of hydrogen-bond donors (Lipinski definition) is 1. The first kappa shape index (κ1) is 14.4. The smallest absolute Gasteiger partial charge is 0.280 e. The number of alkyl halides is 3. The van der Waals surface area contributed by atoms with Crippen molar-refractivity contribution in [1.29, 1.82) is 0 Å². The van der Waals surface area contributed by atoms with Crippen LogP contribution in [0.25, 0.3) is 0 Å². The Morgan fingerprint density at radius 3 is 2.30 bits per heavy atom. The minimum Gasteiger partial charge on any atom is -0.280 e. The van der Waals surface area contributed by atoms with Crippen molar-refractivity contribution >= 4 is 15.7 Å². The Kier molecular flexibility index (Phi) is 3.71. The van der Waals surface area contributed by atoms with Gasteiger partial charge in [0.2, 0.25) is 0 Å². The molecule has 105 valence electrons. The summed E-state index contributed by atoms with van der Waals surface area (Å²) in [7, 11) is -4.06. The molecule has 3 nitrogen and oxygen atoms in total. The van der Waals surface area contributed by atoms with E-state index in [1.54, 1.807) is 0 Å². The molecule has 0 amide bonds. The maximum Gasteiger partial charge on any atom is 0.416 e. The van der Waals surface area contributed by atoms with Crippen LogP contribution in [0, 0.1) is 6.07 Å². The second kappa shape index (κ2) is 5.16. The van der Waals surface area contributed by atoms with Crippen LogP contribution in [0.2, 0.25) is 0 Å². The molecule has 0 spiro atoms. The largest absolute Gasteiger partial charge is 0.416 e. The van der Waals surface area contributed by atoms with Crippen molar-refractivity contribution in [3.63, 3.8) is 0 Å². The first-order valence-electron chi connectivity index (χ1n) is 5.45. The fraction of sp³-hybridized carbons (Fsp3) is 0.0769. The van der Waals surface area contributed by atoms with Gasteiger partial charge in [-0.25, -0.2) is 8.42 Å². The summed E-state index contributed by atoms with van der Waals surface area (Å²) in [4.78, 5) is -0.444. The molecular formula is C13H9F3NO2S. The normalized spacial score (nSPS) is 12.2. The number of nitrogens with one attached hydrogen (secondary N) is 1. The number of rotatable bonds is 3. The van der Waals surface area contributed by atoms with Gasteiger partial charge in [-0.1, -0.05) is 18.2 Å². The van der Waals surface area contributed by atoms with Gasteiger partial charge in [-0.15, -0.1) is 0 Å². The van der Waals surface area contributed by atoms with Crippen molar-refractivity contribution in [3.05, 3.63) is 60.2 Å². The van der Waals surface area contributed by atoms with Crippen molar-refractivity contribution in [1.82, 2.24) is 0 Å². The highest BCUT2D eigenvalue weighted by atomic mass is 32.2. The van der Waals surface area contributed by atoms with Crippen molar-refractivity contribution in [2.24, 2.45) is 0 Å². The van der Waals surface area contributed by atoms with Gasteiger partial charge in [0.15, 0.2) is 0 Å². The quantitative estimate of drug-likeness (QED) is 0.945. The minimum absolute atomic E-state index is 0.251. The van der Waals surface area contributed by atoms with E-state index in [2.05, 4.69) is 10.8 Å². The predicted molar refractivity (Wildman–Crippen MR) is 67.5 cm³/mol. The SMILES string of the molecule is O=S(=O)(Nc1cc[c]cc1)c1cccc(C(F)(F)F)c1. The first-order chi connectivity index (χ1) is 9.29. The third-order valence-electron chi connectivity index (χ3n) is 2.44. The molecule has 0 aliphatic heterocycles. The van der Waals surface area contributed by atoms with Crippen molar-refractivity contribution in [3.8, 4) is 0 Å². The topological polar surface area (TPSA) is 46.2 Å². The fourth-order valence-electron chi connectivity index (χ4n) is 1.51. The molecule has 0 fully saturated rings. The van der Waals surface area contributed by atoms with Crippen molar-refractivity contribution in [2.75, 3.05) is 4.72 Å². The summed E-state index contributed by atoms with van der Waals surface area (Å²) in [6.07, 6.45) is -4.59. The van der Waals surface area contributed by atoms with Gasteiger partial charge in [-0.05, 0) is 36.4 Å². The molecule has 0 saturated heterocycles. The van der Waals surface area contributed by atoms with Gasteiger partial charge in [-0.3, -0.25) is 4.72 Å². The fourth-order valence-corrected chi connectivity index (χ4v) is 2.61. The van der Waals surface area contributed by atoms with E-state index in [0.29, 0.717) is 6.07 Å². The standard InChI is InChI=1S/C13H9F3NO2S/c14-13(15,16)10-5-4-8-12(9-10)20(18,19)17-11-6-2-1-3-7-11/h2-9,17H. The Labute approximate surface area is 114 Å². The summed E-state index contributed by atoms with van der Waals surface area (Å²) in [5.41, 5.74) is -0.761. The van der Waals surface area contributed by atoms with Gasteiger partial charge < -0.3 is 0 Å². The molecule has 0 aliphatic rings. The molecule has 0 heterocycles. The highest BCUT2D eigenvalue weighted by Crippen LogP contribution is 2.30. The predicted octanol–water partition coefficient (Wildman–Crippen LogP) is 3.31. The van der Waals surface area contributed by atoms with Crippen LogP contribution in [0.3, 0.4) is 0 Å². The van der Waals surface area contributed by atoms with Gasteiger partial charge in [0.05, 0.1) is 10.5 Å². The van der Waals surface area contributed by atoms with E-state index in [1.807, 2.05) is 0 Å². The van der Waals surface area contributed by atoms with Crippen LogP contribution in [0.15, 0.2) is 53.4 Å². The van der Waals surface area contributed by atoms with E-state index in [4.69, 9.17) is 0 Å². The lowest BCUT2D eigenvalue weighted by Crippen LogP contribution is -2.14. The molecule has 0 bridgehead atoms. The van der Waals surface area contributed by atoms with Crippen LogP contribution in [0.1, 0.15) is 5.56 Å². The average molecular weight is 300 g/mol. The summed E-state index contributed by atoms with van der Waals surface area (Å²) in [5, 5.41) is 0. The maximum atomic E-state index is 12.6. The summed E-state index contributed by atoms with van der Waals surface area (Å²) < 4.78 is 63.9. The number of hydrogen-bond acceptors (Lipinski definition) is 2. The average Bonchev–Trinajstić information content (AvgIpc) is 2.38. The van der Waals surface area contributed by atoms with Crippen LogP contribution in [0.5, 0.6) is 0 Å². The lowest BCUT2D eigenvalue weighted by Gasteiger charge is -2.10. The lowest BCUT2D eigenvalue weighted by atomic mass is 10.2. The van der Waals surface area contributed by atoms with Gasteiger partial charge in [-0.2, -0.15) is 13.2 Å². The van der Waals surface area contributed by atoms with E-state index < -0.39 is 26.7 Å². The van der Waals surface area contributed by atoms with Gasteiger partial charge >= 0.3 is 6.18 Å². The third-order valence-corrected chi connectivity index (χ3v) is 3.82. The summed E-state index contributed by atoms with van der Waals surface area (Å²) >= 11 is 0. The lowest BCUT2D eigenvalue weighted by molar-refractivity contribution is -0.137. The number of halogens is 3. The molecule has 1 radical (unpaired) electrons. The van der Waals surface area contributed by atoms with E-state index in [0.717, 1.165) is 18.2 Å². The Morgan fingerprint density at radius 1 is 1.05 bits per heavy atom. The van der Waals surface area contributed by atoms with E-state index >= 15 is 0 Å². The molecule has 2 rings (SSSR count). The molecule has 20 heavy (non-hydrogen) atoms. The van der Waals surface area contributed by atoms with Crippen LogP contribution in [-0.4, -0.2) is 8.42 Å². The van der Waals surface area contributed by atoms with Crippen molar-refractivity contribution in [2.45, 2.75) is 11.1 Å².